The van der Waals surface area contributed by atoms with Crippen LogP contribution in [-0.4, -0.2) is 91.7 Å². The fraction of sp³-hybridized carbons (Fsp3) is 0.458. The first-order valence-corrected chi connectivity index (χ1v) is 11.7. The quantitative estimate of drug-likeness (QED) is 0.464. The lowest BCUT2D eigenvalue weighted by Crippen LogP contribution is -2.55. The number of aliphatic hydroxyl groups is 1. The molecule has 5 atom stereocenters. The van der Waals surface area contributed by atoms with E-state index in [-0.39, 0.29) is 44.8 Å². The molecule has 11 nitrogen and oxygen atoms in total. The molecule has 2 aromatic rings. The highest BCUT2D eigenvalue weighted by molar-refractivity contribution is 5.99. The topological polar surface area (TPSA) is 127 Å². The molecule has 2 fully saturated rings. The number of carbonyl (C=O) groups is 3. The molecular weight excluding hydrogens is 454 g/mol. The average molecular weight is 479 g/mol. The summed E-state index contributed by atoms with van der Waals surface area (Å²) in [6, 6.07) is 6.49. The Kier molecular flexibility index (Phi) is 5.19. The van der Waals surface area contributed by atoms with E-state index >= 15 is 0 Å². The van der Waals surface area contributed by atoms with E-state index in [4.69, 9.17) is 9.47 Å². The fourth-order valence-corrected chi connectivity index (χ4v) is 5.81. The zero-order valence-corrected chi connectivity index (χ0v) is 18.9. The van der Waals surface area contributed by atoms with Crippen molar-refractivity contribution in [1.82, 2.24) is 24.8 Å². The number of para-hydroxylation sites is 1. The first kappa shape index (κ1) is 21.9. The number of hydrogen-bond acceptors (Lipinski definition) is 8. The standard InChI is InChI=1S/C24H25N5O6/c30-12-5-11-28-20-22(32)27(14-29-16-7-2-1-6-15(16)25-26-29)10-4-9-24(20)19(21(28)31)18-17(35-24)8-3-13-34-23(18)33/h1-4,6-9,17-20,30H,5,10-14H2/t17-,18+,19+,20-,24?/m1/s1. The van der Waals surface area contributed by atoms with E-state index in [1.807, 2.05) is 30.3 Å². The van der Waals surface area contributed by atoms with Gasteiger partial charge in [0.1, 0.15) is 36.4 Å². The molecule has 1 N–H and O–H groups in total. The van der Waals surface area contributed by atoms with Gasteiger partial charge in [0.15, 0.2) is 0 Å². The first-order chi connectivity index (χ1) is 17.0. The average Bonchev–Trinajstić information content (AvgIpc) is 3.40. The number of likely N-dealkylation sites (tertiary alicyclic amines) is 1. The zero-order valence-electron chi connectivity index (χ0n) is 18.9. The number of carbonyl (C=O) groups excluding carboxylic acids is 3. The highest BCUT2D eigenvalue weighted by Crippen LogP contribution is 2.53. The molecule has 4 aliphatic heterocycles. The Labute approximate surface area is 200 Å². The molecule has 1 unspecified atom stereocenters. The predicted octanol–water partition coefficient (Wildman–Crippen LogP) is -0.137. The van der Waals surface area contributed by atoms with Crippen LogP contribution in [0.5, 0.6) is 0 Å². The van der Waals surface area contributed by atoms with E-state index in [1.165, 1.54) is 4.90 Å². The van der Waals surface area contributed by atoms with Crippen LogP contribution in [0, 0.1) is 11.8 Å². The molecule has 2 amide bonds. The van der Waals surface area contributed by atoms with Crippen LogP contribution in [0.25, 0.3) is 11.0 Å². The Morgan fingerprint density at radius 3 is 2.86 bits per heavy atom. The van der Waals surface area contributed by atoms with Crippen LogP contribution in [0.4, 0.5) is 0 Å². The summed E-state index contributed by atoms with van der Waals surface area (Å²) in [6.45, 7) is 0.569. The SMILES string of the molecule is O=C1OCC=C[C@H]2OC34C=CCN(Cn5nnc6ccccc65)C(=O)[C@H]3N(CCCO)C(=O)[C@@H]4[C@@H]12. The third-order valence-corrected chi connectivity index (χ3v) is 7.28. The molecule has 0 bridgehead atoms. The van der Waals surface area contributed by atoms with Gasteiger partial charge in [-0.3, -0.25) is 14.4 Å². The Morgan fingerprint density at radius 2 is 2.00 bits per heavy atom. The number of aliphatic hydroxyl groups excluding tert-OH is 1. The Bertz CT molecular complexity index is 1260. The van der Waals surface area contributed by atoms with Crippen LogP contribution < -0.4 is 0 Å². The Hall–Kier alpha value is -3.57. The van der Waals surface area contributed by atoms with Gasteiger partial charge in [0.05, 0.1) is 17.5 Å². The Morgan fingerprint density at radius 1 is 1.14 bits per heavy atom. The third kappa shape index (κ3) is 3.22. The fourth-order valence-electron chi connectivity index (χ4n) is 5.81. The van der Waals surface area contributed by atoms with Crippen molar-refractivity contribution < 1.29 is 29.0 Å². The van der Waals surface area contributed by atoms with Crippen molar-refractivity contribution >= 4 is 28.8 Å². The zero-order chi connectivity index (χ0) is 24.2. The van der Waals surface area contributed by atoms with Gasteiger partial charge in [0, 0.05) is 19.7 Å². The van der Waals surface area contributed by atoms with Crippen molar-refractivity contribution in [2.24, 2.45) is 11.8 Å². The molecule has 6 rings (SSSR count). The molecule has 11 heteroatoms. The molecule has 4 aliphatic rings. The summed E-state index contributed by atoms with van der Waals surface area (Å²) in [5.41, 5.74) is 0.193. The lowest BCUT2D eigenvalue weighted by atomic mass is 9.78. The van der Waals surface area contributed by atoms with Crippen LogP contribution >= 0.6 is 0 Å². The third-order valence-electron chi connectivity index (χ3n) is 7.28. The molecule has 35 heavy (non-hydrogen) atoms. The number of hydrogen-bond donors (Lipinski definition) is 1. The van der Waals surface area contributed by atoms with E-state index < -0.39 is 35.6 Å². The molecule has 1 aromatic carbocycles. The van der Waals surface area contributed by atoms with Crippen molar-refractivity contribution in [3.05, 3.63) is 48.6 Å². The number of fused-ring (bicyclic) bond motifs is 3. The molecule has 0 radical (unpaired) electrons. The maximum atomic E-state index is 14.1. The smallest absolute Gasteiger partial charge is 0.313 e. The van der Waals surface area contributed by atoms with Crippen molar-refractivity contribution in [2.45, 2.75) is 30.8 Å². The van der Waals surface area contributed by atoms with Gasteiger partial charge < -0.3 is 24.4 Å². The molecule has 0 aliphatic carbocycles. The summed E-state index contributed by atoms with van der Waals surface area (Å²) < 4.78 is 13.4. The van der Waals surface area contributed by atoms with Gasteiger partial charge in [-0.25, -0.2) is 4.68 Å². The minimum Gasteiger partial charge on any atom is -0.461 e. The van der Waals surface area contributed by atoms with Crippen LogP contribution in [0.3, 0.4) is 0 Å². The number of esters is 1. The first-order valence-electron chi connectivity index (χ1n) is 11.7. The summed E-state index contributed by atoms with van der Waals surface area (Å²) in [6.07, 6.45) is 6.67. The summed E-state index contributed by atoms with van der Waals surface area (Å²) >= 11 is 0. The monoisotopic (exact) mass is 479 g/mol. The largest absolute Gasteiger partial charge is 0.461 e. The van der Waals surface area contributed by atoms with Gasteiger partial charge >= 0.3 is 5.97 Å². The molecule has 182 valence electrons. The second-order valence-corrected chi connectivity index (χ2v) is 9.19. The number of benzene rings is 1. The van der Waals surface area contributed by atoms with Crippen molar-refractivity contribution in [1.29, 1.82) is 0 Å². The lowest BCUT2D eigenvalue weighted by molar-refractivity contribution is -0.153. The summed E-state index contributed by atoms with van der Waals surface area (Å²) in [7, 11) is 0. The van der Waals surface area contributed by atoms with Gasteiger partial charge in [-0.15, -0.1) is 5.10 Å². The molecule has 2 saturated heterocycles. The molecule has 1 spiro atoms. The second kappa shape index (κ2) is 8.28. The number of rotatable bonds is 5. The van der Waals surface area contributed by atoms with Crippen molar-refractivity contribution in [3.8, 4) is 0 Å². The van der Waals surface area contributed by atoms with Crippen molar-refractivity contribution in [2.75, 3.05) is 26.3 Å². The van der Waals surface area contributed by atoms with E-state index in [1.54, 1.807) is 27.8 Å². The lowest BCUT2D eigenvalue weighted by Gasteiger charge is -2.35. The summed E-state index contributed by atoms with van der Waals surface area (Å²) in [5.74, 6) is -2.88. The highest BCUT2D eigenvalue weighted by Gasteiger charge is 2.71. The number of cyclic esters (lactones) is 1. The van der Waals surface area contributed by atoms with Crippen molar-refractivity contribution in [3.63, 3.8) is 0 Å². The Balaban J connectivity index is 1.39. The van der Waals surface area contributed by atoms with E-state index in [9.17, 15) is 19.5 Å². The molecular formula is C24H25N5O6. The molecule has 5 heterocycles. The summed E-state index contributed by atoms with van der Waals surface area (Å²) in [5, 5.41) is 17.8. The predicted molar refractivity (Wildman–Crippen MR) is 120 cm³/mol. The minimum absolute atomic E-state index is 0.120. The summed E-state index contributed by atoms with van der Waals surface area (Å²) in [4.78, 5) is 43.7. The number of ether oxygens (including phenoxy) is 2. The number of nitrogens with zero attached hydrogens (tertiary/aromatic N) is 5. The number of aromatic nitrogens is 3. The maximum absolute atomic E-state index is 14.1. The van der Waals surface area contributed by atoms with E-state index in [0.717, 1.165) is 5.52 Å². The van der Waals surface area contributed by atoms with E-state index in [0.29, 0.717) is 11.9 Å². The normalized spacial score (nSPS) is 31.9. The second-order valence-electron chi connectivity index (χ2n) is 9.19. The van der Waals surface area contributed by atoms with Crippen LogP contribution in [0.15, 0.2) is 48.6 Å². The van der Waals surface area contributed by atoms with Gasteiger partial charge in [0.25, 0.3) is 5.91 Å². The van der Waals surface area contributed by atoms with Gasteiger partial charge in [-0.1, -0.05) is 35.6 Å². The van der Waals surface area contributed by atoms with Gasteiger partial charge in [-0.05, 0) is 24.6 Å². The number of amides is 2. The van der Waals surface area contributed by atoms with Gasteiger partial charge in [-0.2, -0.15) is 0 Å². The van der Waals surface area contributed by atoms with Crippen LogP contribution in [-0.2, 0) is 30.5 Å². The van der Waals surface area contributed by atoms with E-state index in [2.05, 4.69) is 10.3 Å². The minimum atomic E-state index is -1.31. The maximum Gasteiger partial charge on any atom is 0.313 e. The van der Waals surface area contributed by atoms with Crippen LogP contribution in [0.2, 0.25) is 0 Å². The molecule has 0 saturated carbocycles. The van der Waals surface area contributed by atoms with Gasteiger partial charge in [0.2, 0.25) is 5.91 Å². The highest BCUT2D eigenvalue weighted by atomic mass is 16.6. The van der Waals surface area contributed by atoms with Crippen LogP contribution in [0.1, 0.15) is 6.42 Å². The molecule has 1 aromatic heterocycles.